The highest BCUT2D eigenvalue weighted by Crippen LogP contribution is 2.24. The number of unbranched alkanes of at least 4 members (excludes halogenated alkanes) is 1. The van der Waals surface area contributed by atoms with E-state index in [0.717, 1.165) is 12.8 Å². The molecule has 0 aliphatic heterocycles. The summed E-state index contributed by atoms with van der Waals surface area (Å²) in [5, 5.41) is 2.92. The molecule has 20 heavy (non-hydrogen) atoms. The number of hydrogen-bond acceptors (Lipinski definition) is 4. The Kier molecular flexibility index (Phi) is 6.02. The molecule has 1 amide bonds. The second-order valence-corrected chi connectivity index (χ2v) is 6.05. The Hall–Kier alpha value is -1.07. The van der Waals surface area contributed by atoms with E-state index in [1.807, 2.05) is 0 Å². The molecule has 1 aromatic heterocycles. The van der Waals surface area contributed by atoms with Crippen LogP contribution in [0, 0.1) is 0 Å². The summed E-state index contributed by atoms with van der Waals surface area (Å²) in [6.45, 7) is 7.37. The Balaban J connectivity index is 2.81. The number of halogens is 2. The van der Waals surface area contributed by atoms with Crippen molar-refractivity contribution in [2.75, 3.05) is 5.32 Å². The van der Waals surface area contributed by atoms with E-state index in [9.17, 15) is 4.79 Å². The van der Waals surface area contributed by atoms with Crippen molar-refractivity contribution < 1.29 is 9.53 Å². The first-order valence-corrected chi connectivity index (χ1v) is 7.20. The van der Waals surface area contributed by atoms with Crippen LogP contribution in [0.5, 0.6) is 0 Å². The number of aromatic nitrogens is 2. The maximum atomic E-state index is 11.6. The summed E-state index contributed by atoms with van der Waals surface area (Å²) in [4.78, 5) is 19.6. The van der Waals surface area contributed by atoms with Gasteiger partial charge in [-0.15, -0.1) is 0 Å². The molecule has 5 nitrogen and oxygen atoms in total. The smallest absolute Gasteiger partial charge is 0.414 e. The Labute approximate surface area is 129 Å². The van der Waals surface area contributed by atoms with Crippen molar-refractivity contribution in [2.24, 2.45) is 0 Å². The topological polar surface area (TPSA) is 64.1 Å². The Morgan fingerprint density at radius 3 is 2.25 bits per heavy atom. The van der Waals surface area contributed by atoms with Crippen LogP contribution in [0.2, 0.25) is 10.3 Å². The first-order valence-electron chi connectivity index (χ1n) is 6.45. The van der Waals surface area contributed by atoms with Gasteiger partial charge in [-0.25, -0.2) is 14.8 Å². The van der Waals surface area contributed by atoms with Crippen LogP contribution in [0.25, 0.3) is 0 Å². The SMILES string of the molecule is CCCCc1c(Cl)nc(NC(=O)OC(C)(C)C)nc1Cl. The fourth-order valence-corrected chi connectivity index (χ4v) is 2.02. The van der Waals surface area contributed by atoms with Crippen LogP contribution in [0.3, 0.4) is 0 Å². The normalized spacial score (nSPS) is 11.3. The van der Waals surface area contributed by atoms with Gasteiger partial charge in [-0.2, -0.15) is 0 Å². The minimum Gasteiger partial charge on any atom is -0.444 e. The molecule has 0 aliphatic rings. The summed E-state index contributed by atoms with van der Waals surface area (Å²) in [7, 11) is 0. The van der Waals surface area contributed by atoms with Gasteiger partial charge in [0.1, 0.15) is 15.9 Å². The summed E-state index contributed by atoms with van der Waals surface area (Å²) in [5.41, 5.74) is 0.101. The number of nitrogens with zero attached hydrogens (tertiary/aromatic N) is 2. The third-order valence-electron chi connectivity index (χ3n) is 2.30. The quantitative estimate of drug-likeness (QED) is 0.831. The van der Waals surface area contributed by atoms with Gasteiger partial charge >= 0.3 is 6.09 Å². The first-order chi connectivity index (χ1) is 9.23. The monoisotopic (exact) mass is 319 g/mol. The summed E-state index contributed by atoms with van der Waals surface area (Å²) in [5.74, 6) is 0.0366. The van der Waals surface area contributed by atoms with Gasteiger partial charge in [0.2, 0.25) is 5.95 Å². The van der Waals surface area contributed by atoms with Crippen molar-refractivity contribution in [2.45, 2.75) is 52.6 Å². The molecule has 0 atom stereocenters. The molecular weight excluding hydrogens is 301 g/mol. The Morgan fingerprint density at radius 1 is 1.25 bits per heavy atom. The van der Waals surface area contributed by atoms with Crippen molar-refractivity contribution in [3.63, 3.8) is 0 Å². The van der Waals surface area contributed by atoms with E-state index in [1.165, 1.54) is 0 Å². The summed E-state index contributed by atoms with van der Waals surface area (Å²) in [6.07, 6.45) is 2.03. The zero-order valence-corrected chi connectivity index (χ0v) is 13.6. The second-order valence-electron chi connectivity index (χ2n) is 5.34. The van der Waals surface area contributed by atoms with Crippen LogP contribution in [0.1, 0.15) is 46.1 Å². The Bertz CT molecular complexity index is 464. The lowest BCUT2D eigenvalue weighted by Gasteiger charge is -2.19. The predicted molar refractivity (Wildman–Crippen MR) is 80.5 cm³/mol. The zero-order valence-electron chi connectivity index (χ0n) is 12.1. The van der Waals surface area contributed by atoms with Gasteiger partial charge in [-0.3, -0.25) is 5.32 Å². The molecule has 1 aromatic rings. The zero-order chi connectivity index (χ0) is 15.3. The van der Waals surface area contributed by atoms with Crippen LogP contribution < -0.4 is 5.32 Å². The maximum absolute atomic E-state index is 11.6. The standard InChI is InChI=1S/C13H19Cl2N3O2/c1-5-6-7-8-9(14)16-11(17-10(8)15)18-12(19)20-13(2,3)4/h5-7H2,1-4H3,(H,16,17,18,19). The van der Waals surface area contributed by atoms with Gasteiger partial charge in [0.05, 0.1) is 0 Å². The van der Waals surface area contributed by atoms with Crippen LogP contribution in [-0.2, 0) is 11.2 Å². The van der Waals surface area contributed by atoms with Crippen LogP contribution in [-0.4, -0.2) is 21.7 Å². The number of rotatable bonds is 4. The third-order valence-corrected chi connectivity index (χ3v) is 2.92. The second kappa shape index (κ2) is 7.09. The van der Waals surface area contributed by atoms with Gasteiger partial charge in [-0.05, 0) is 33.6 Å². The fourth-order valence-electron chi connectivity index (χ4n) is 1.44. The molecule has 1 rings (SSSR count). The number of anilines is 1. The molecule has 0 fully saturated rings. The van der Waals surface area contributed by atoms with Crippen LogP contribution in [0.15, 0.2) is 0 Å². The molecule has 0 aromatic carbocycles. The molecule has 0 bridgehead atoms. The van der Waals surface area contributed by atoms with Gasteiger partial charge < -0.3 is 4.74 Å². The van der Waals surface area contributed by atoms with E-state index in [1.54, 1.807) is 20.8 Å². The molecule has 0 unspecified atom stereocenters. The molecule has 0 saturated carbocycles. The van der Waals surface area contributed by atoms with Crippen molar-refractivity contribution >= 4 is 35.2 Å². The molecule has 0 aliphatic carbocycles. The first kappa shape index (κ1) is 17.0. The molecular formula is C13H19Cl2N3O2. The summed E-state index contributed by atoms with van der Waals surface area (Å²) < 4.78 is 5.10. The molecule has 112 valence electrons. The highest BCUT2D eigenvalue weighted by atomic mass is 35.5. The van der Waals surface area contributed by atoms with Gasteiger partial charge in [0.15, 0.2) is 0 Å². The van der Waals surface area contributed by atoms with Gasteiger partial charge in [0, 0.05) is 5.56 Å². The summed E-state index contributed by atoms with van der Waals surface area (Å²) >= 11 is 12.1. The maximum Gasteiger partial charge on any atom is 0.414 e. The van der Waals surface area contributed by atoms with E-state index in [4.69, 9.17) is 27.9 Å². The van der Waals surface area contributed by atoms with Crippen molar-refractivity contribution in [3.05, 3.63) is 15.9 Å². The Morgan fingerprint density at radius 2 is 1.80 bits per heavy atom. The number of carbonyl (C=O) groups excluding carboxylic acids is 1. The molecule has 1 N–H and O–H groups in total. The van der Waals surface area contributed by atoms with E-state index in [2.05, 4.69) is 22.2 Å². The average Bonchev–Trinajstić information content (AvgIpc) is 2.25. The molecule has 0 radical (unpaired) electrons. The van der Waals surface area contributed by atoms with Crippen molar-refractivity contribution in [3.8, 4) is 0 Å². The van der Waals surface area contributed by atoms with E-state index < -0.39 is 11.7 Å². The molecule has 0 spiro atoms. The number of amides is 1. The lowest BCUT2D eigenvalue weighted by Crippen LogP contribution is -2.27. The van der Waals surface area contributed by atoms with Gasteiger partial charge in [0.25, 0.3) is 0 Å². The minimum atomic E-state index is -0.647. The third kappa shape index (κ3) is 5.51. The molecule has 7 heteroatoms. The molecule has 1 heterocycles. The highest BCUT2D eigenvalue weighted by Gasteiger charge is 2.18. The van der Waals surface area contributed by atoms with Crippen LogP contribution in [0.4, 0.5) is 10.7 Å². The number of nitrogens with one attached hydrogen (secondary N) is 1. The van der Waals surface area contributed by atoms with Crippen molar-refractivity contribution in [1.29, 1.82) is 0 Å². The number of hydrogen-bond donors (Lipinski definition) is 1. The fraction of sp³-hybridized carbons (Fsp3) is 0.615. The average molecular weight is 320 g/mol. The summed E-state index contributed by atoms with van der Waals surface area (Å²) in [6, 6.07) is 0. The lowest BCUT2D eigenvalue weighted by atomic mass is 10.1. The van der Waals surface area contributed by atoms with Gasteiger partial charge in [-0.1, -0.05) is 36.5 Å². The number of ether oxygens (including phenoxy) is 1. The van der Waals surface area contributed by atoms with E-state index >= 15 is 0 Å². The predicted octanol–water partition coefficient (Wildman–Crippen LogP) is 4.47. The number of carbonyl (C=O) groups is 1. The largest absolute Gasteiger partial charge is 0.444 e. The van der Waals surface area contributed by atoms with Crippen molar-refractivity contribution in [1.82, 2.24) is 9.97 Å². The lowest BCUT2D eigenvalue weighted by molar-refractivity contribution is 0.0634. The molecule has 0 saturated heterocycles. The van der Waals surface area contributed by atoms with Crippen LogP contribution >= 0.6 is 23.2 Å². The highest BCUT2D eigenvalue weighted by molar-refractivity contribution is 6.34. The minimum absolute atomic E-state index is 0.0366. The van der Waals surface area contributed by atoms with E-state index in [-0.39, 0.29) is 16.3 Å². The van der Waals surface area contributed by atoms with E-state index in [0.29, 0.717) is 12.0 Å².